The Balaban J connectivity index is 0.00000200. The molecule has 112 valence electrons. The number of aliphatic imine (C=N–C) groups is 1. The predicted molar refractivity (Wildman–Crippen MR) is 97.7 cm³/mol. The summed E-state index contributed by atoms with van der Waals surface area (Å²) in [5.41, 5.74) is 1.20. The molecule has 0 saturated carbocycles. The zero-order chi connectivity index (χ0) is 13.7. The topological polar surface area (TPSA) is 30.9 Å². The molecule has 0 atom stereocenters. The molecule has 1 heterocycles. The van der Waals surface area contributed by atoms with E-state index in [-0.39, 0.29) is 24.0 Å². The first-order valence-electron chi connectivity index (χ1n) is 6.70. The van der Waals surface area contributed by atoms with E-state index in [2.05, 4.69) is 33.1 Å². The standard InChI is InChI=1S/C14H21ClN4.HI/c1-3-17-14(16-2)19-9-7-18(8-10-19)13-6-4-5-12(15)11-13;/h4-6,11H,3,7-10H2,1-2H3,(H,16,17);1H. The molecule has 20 heavy (non-hydrogen) atoms. The van der Waals surface area contributed by atoms with Gasteiger partial charge in [-0.1, -0.05) is 17.7 Å². The Kier molecular flexibility index (Phi) is 7.43. The van der Waals surface area contributed by atoms with E-state index in [1.807, 2.05) is 25.2 Å². The molecule has 1 aromatic rings. The number of hydrogen-bond donors (Lipinski definition) is 1. The fraction of sp³-hybridized carbons (Fsp3) is 0.500. The lowest BCUT2D eigenvalue weighted by atomic mass is 10.2. The van der Waals surface area contributed by atoms with Crippen molar-refractivity contribution in [2.24, 2.45) is 4.99 Å². The first kappa shape index (κ1) is 17.4. The van der Waals surface area contributed by atoms with Crippen molar-refractivity contribution < 1.29 is 0 Å². The molecule has 1 saturated heterocycles. The van der Waals surface area contributed by atoms with Crippen molar-refractivity contribution in [3.63, 3.8) is 0 Å². The Bertz CT molecular complexity index is 445. The van der Waals surface area contributed by atoms with Crippen LogP contribution in [0.4, 0.5) is 5.69 Å². The summed E-state index contributed by atoms with van der Waals surface area (Å²) in [5, 5.41) is 4.10. The maximum Gasteiger partial charge on any atom is 0.193 e. The van der Waals surface area contributed by atoms with Crippen LogP contribution in [0.5, 0.6) is 0 Å². The van der Waals surface area contributed by atoms with Gasteiger partial charge in [-0.15, -0.1) is 24.0 Å². The van der Waals surface area contributed by atoms with Gasteiger partial charge in [0.2, 0.25) is 0 Å². The quantitative estimate of drug-likeness (QED) is 0.464. The number of halogens is 2. The number of anilines is 1. The zero-order valence-corrected chi connectivity index (χ0v) is 15.1. The van der Waals surface area contributed by atoms with Gasteiger partial charge in [-0.05, 0) is 25.1 Å². The van der Waals surface area contributed by atoms with Gasteiger partial charge in [-0.25, -0.2) is 0 Å². The van der Waals surface area contributed by atoms with Crippen molar-refractivity contribution in [1.82, 2.24) is 10.2 Å². The average Bonchev–Trinajstić information content (AvgIpc) is 2.45. The van der Waals surface area contributed by atoms with Gasteiger partial charge < -0.3 is 15.1 Å². The van der Waals surface area contributed by atoms with E-state index in [0.717, 1.165) is 43.7 Å². The molecular weight excluding hydrogens is 387 g/mol. The van der Waals surface area contributed by atoms with Crippen molar-refractivity contribution in [1.29, 1.82) is 0 Å². The van der Waals surface area contributed by atoms with Crippen molar-refractivity contribution in [3.05, 3.63) is 29.3 Å². The van der Waals surface area contributed by atoms with Crippen LogP contribution in [0.3, 0.4) is 0 Å². The summed E-state index contributed by atoms with van der Waals surface area (Å²) >= 11 is 6.04. The summed E-state index contributed by atoms with van der Waals surface area (Å²) in [6, 6.07) is 8.05. The van der Waals surface area contributed by atoms with Crippen LogP contribution in [-0.2, 0) is 0 Å². The van der Waals surface area contributed by atoms with Gasteiger partial charge in [-0.2, -0.15) is 0 Å². The van der Waals surface area contributed by atoms with Gasteiger partial charge in [0, 0.05) is 50.5 Å². The normalized spacial score (nSPS) is 15.8. The molecule has 0 aliphatic carbocycles. The Morgan fingerprint density at radius 1 is 1.30 bits per heavy atom. The summed E-state index contributed by atoms with van der Waals surface area (Å²) in [4.78, 5) is 8.96. The second-order valence-electron chi connectivity index (χ2n) is 4.53. The predicted octanol–water partition coefficient (Wildman–Crippen LogP) is 2.68. The minimum Gasteiger partial charge on any atom is -0.368 e. The summed E-state index contributed by atoms with van der Waals surface area (Å²) < 4.78 is 0. The molecular formula is C14H22ClIN4. The van der Waals surface area contributed by atoms with Crippen LogP contribution in [0.2, 0.25) is 5.02 Å². The van der Waals surface area contributed by atoms with Crippen LogP contribution in [-0.4, -0.2) is 50.6 Å². The number of nitrogens with one attached hydrogen (secondary N) is 1. The molecule has 1 fully saturated rings. The van der Waals surface area contributed by atoms with Gasteiger partial charge in [0.25, 0.3) is 0 Å². The van der Waals surface area contributed by atoms with E-state index < -0.39 is 0 Å². The molecule has 1 aliphatic rings. The Morgan fingerprint density at radius 3 is 2.55 bits per heavy atom. The van der Waals surface area contributed by atoms with Crippen molar-refractivity contribution in [2.45, 2.75) is 6.92 Å². The second kappa shape index (κ2) is 8.56. The summed E-state index contributed by atoms with van der Waals surface area (Å²) in [6.45, 7) is 6.93. The molecule has 1 aliphatic heterocycles. The molecule has 2 rings (SSSR count). The van der Waals surface area contributed by atoms with E-state index in [1.54, 1.807) is 0 Å². The Labute approximate surface area is 143 Å². The van der Waals surface area contributed by atoms with Gasteiger partial charge in [0.1, 0.15) is 0 Å². The summed E-state index contributed by atoms with van der Waals surface area (Å²) in [7, 11) is 1.83. The molecule has 1 aromatic carbocycles. The number of piperazine rings is 1. The zero-order valence-electron chi connectivity index (χ0n) is 12.0. The maximum absolute atomic E-state index is 6.04. The van der Waals surface area contributed by atoms with E-state index in [1.165, 1.54) is 5.69 Å². The highest BCUT2D eigenvalue weighted by Crippen LogP contribution is 2.20. The van der Waals surface area contributed by atoms with Crippen LogP contribution in [0.1, 0.15) is 6.92 Å². The third kappa shape index (κ3) is 4.41. The minimum atomic E-state index is 0. The van der Waals surface area contributed by atoms with Crippen molar-refractivity contribution in [2.75, 3.05) is 44.7 Å². The fourth-order valence-corrected chi connectivity index (χ4v) is 2.52. The highest BCUT2D eigenvalue weighted by atomic mass is 127. The number of benzene rings is 1. The van der Waals surface area contributed by atoms with Crippen LogP contribution >= 0.6 is 35.6 Å². The largest absolute Gasteiger partial charge is 0.368 e. The molecule has 4 nitrogen and oxygen atoms in total. The summed E-state index contributed by atoms with van der Waals surface area (Å²) in [5.74, 6) is 0.994. The lowest BCUT2D eigenvalue weighted by molar-refractivity contribution is 0.373. The fourth-order valence-electron chi connectivity index (χ4n) is 2.34. The highest BCUT2D eigenvalue weighted by molar-refractivity contribution is 14.0. The van der Waals surface area contributed by atoms with Gasteiger partial charge in [0.05, 0.1) is 0 Å². The van der Waals surface area contributed by atoms with Crippen molar-refractivity contribution >= 4 is 47.2 Å². The molecule has 0 bridgehead atoms. The SMILES string of the molecule is CCNC(=NC)N1CCN(c2cccc(Cl)c2)CC1.I. The van der Waals surface area contributed by atoms with Crippen LogP contribution in [0.15, 0.2) is 29.3 Å². The van der Waals surface area contributed by atoms with Crippen molar-refractivity contribution in [3.8, 4) is 0 Å². The third-order valence-corrected chi connectivity index (χ3v) is 3.53. The lowest BCUT2D eigenvalue weighted by Gasteiger charge is -2.37. The molecule has 1 N–H and O–H groups in total. The van der Waals surface area contributed by atoms with Crippen LogP contribution in [0.25, 0.3) is 0 Å². The van der Waals surface area contributed by atoms with Crippen LogP contribution < -0.4 is 10.2 Å². The molecule has 0 unspecified atom stereocenters. The number of hydrogen-bond acceptors (Lipinski definition) is 2. The molecule has 0 amide bonds. The highest BCUT2D eigenvalue weighted by Gasteiger charge is 2.19. The van der Waals surface area contributed by atoms with Gasteiger partial charge in [0.15, 0.2) is 5.96 Å². The van der Waals surface area contributed by atoms with E-state index in [4.69, 9.17) is 11.6 Å². The maximum atomic E-state index is 6.04. The molecule has 0 aromatic heterocycles. The third-order valence-electron chi connectivity index (χ3n) is 3.30. The van der Waals surface area contributed by atoms with Gasteiger partial charge >= 0.3 is 0 Å². The smallest absolute Gasteiger partial charge is 0.193 e. The first-order chi connectivity index (χ1) is 9.24. The minimum absolute atomic E-state index is 0. The lowest BCUT2D eigenvalue weighted by Crippen LogP contribution is -2.52. The second-order valence-corrected chi connectivity index (χ2v) is 4.97. The number of guanidine groups is 1. The van der Waals surface area contributed by atoms with E-state index >= 15 is 0 Å². The van der Waals surface area contributed by atoms with E-state index in [9.17, 15) is 0 Å². The Morgan fingerprint density at radius 2 is 2.00 bits per heavy atom. The summed E-state index contributed by atoms with van der Waals surface area (Å²) in [6.07, 6.45) is 0. The molecule has 0 spiro atoms. The van der Waals surface area contributed by atoms with Gasteiger partial charge in [-0.3, -0.25) is 4.99 Å². The Hall–Kier alpha value is -0.690. The number of rotatable bonds is 2. The van der Waals surface area contributed by atoms with E-state index in [0.29, 0.717) is 0 Å². The molecule has 6 heteroatoms. The number of nitrogens with zero attached hydrogens (tertiary/aromatic N) is 3. The molecule has 0 radical (unpaired) electrons. The van der Waals surface area contributed by atoms with Crippen LogP contribution in [0, 0.1) is 0 Å². The average molecular weight is 409 g/mol. The monoisotopic (exact) mass is 408 g/mol. The first-order valence-corrected chi connectivity index (χ1v) is 7.08.